The number of benzene rings is 1. The van der Waals surface area contributed by atoms with Gasteiger partial charge >= 0.3 is 0 Å². The maximum absolute atomic E-state index is 4.12. The van der Waals surface area contributed by atoms with Crippen molar-refractivity contribution in [3.8, 4) is 16.9 Å². The molecule has 2 aromatic heterocycles. The topological polar surface area (TPSA) is 43.6 Å². The zero-order chi connectivity index (χ0) is 12.4. The van der Waals surface area contributed by atoms with Crippen molar-refractivity contribution >= 4 is 15.9 Å². The molecule has 1 aromatic carbocycles. The molecule has 0 saturated carbocycles. The molecule has 0 radical (unpaired) electrons. The molecule has 0 spiro atoms. The van der Waals surface area contributed by atoms with Crippen LogP contribution >= 0.6 is 15.9 Å². The second kappa shape index (κ2) is 4.70. The van der Waals surface area contributed by atoms with Crippen molar-refractivity contribution < 1.29 is 0 Å². The Kier molecular flexibility index (Phi) is 2.90. The lowest BCUT2D eigenvalue weighted by Crippen LogP contribution is -1.98. The summed E-state index contributed by atoms with van der Waals surface area (Å²) in [6.07, 6.45) is 5.26. The van der Waals surface area contributed by atoms with E-state index in [9.17, 15) is 0 Å². The minimum Gasteiger partial charge on any atom is -0.265 e. The Morgan fingerprint density at radius 2 is 1.67 bits per heavy atom. The van der Waals surface area contributed by atoms with E-state index in [1.807, 2.05) is 41.1 Å². The molecule has 0 atom stereocenters. The van der Waals surface area contributed by atoms with E-state index in [0.717, 1.165) is 21.4 Å². The Morgan fingerprint density at radius 1 is 0.944 bits per heavy atom. The van der Waals surface area contributed by atoms with Crippen molar-refractivity contribution in [2.24, 2.45) is 0 Å². The van der Waals surface area contributed by atoms with Gasteiger partial charge in [-0.05, 0) is 36.4 Å². The molecule has 0 aliphatic carbocycles. The smallest absolute Gasteiger partial charge is 0.0945 e. The summed E-state index contributed by atoms with van der Waals surface area (Å²) in [7, 11) is 0. The van der Waals surface area contributed by atoms with Gasteiger partial charge in [0.2, 0.25) is 0 Å². The second-order valence-electron chi connectivity index (χ2n) is 3.74. The van der Waals surface area contributed by atoms with Crippen molar-refractivity contribution in [1.29, 1.82) is 0 Å². The van der Waals surface area contributed by atoms with Gasteiger partial charge in [-0.15, -0.1) is 5.10 Å². The molecular formula is C13H9BrN4. The average Bonchev–Trinajstić information content (AvgIpc) is 2.90. The van der Waals surface area contributed by atoms with E-state index in [1.54, 1.807) is 18.6 Å². The summed E-state index contributed by atoms with van der Waals surface area (Å²) in [5.74, 6) is 0. The Hall–Kier alpha value is -2.01. The van der Waals surface area contributed by atoms with Crippen LogP contribution in [-0.2, 0) is 0 Å². The van der Waals surface area contributed by atoms with Gasteiger partial charge in [-0.2, -0.15) is 0 Å². The van der Waals surface area contributed by atoms with Gasteiger partial charge < -0.3 is 0 Å². The summed E-state index contributed by atoms with van der Waals surface area (Å²) in [4.78, 5) is 4.01. The van der Waals surface area contributed by atoms with Crippen LogP contribution in [-0.4, -0.2) is 20.0 Å². The van der Waals surface area contributed by atoms with E-state index in [-0.39, 0.29) is 0 Å². The van der Waals surface area contributed by atoms with Crippen LogP contribution in [0, 0.1) is 0 Å². The van der Waals surface area contributed by atoms with Crippen molar-refractivity contribution in [1.82, 2.24) is 20.0 Å². The molecule has 0 saturated heterocycles. The number of halogens is 1. The highest BCUT2D eigenvalue weighted by molar-refractivity contribution is 9.10. The number of nitrogens with zero attached hydrogens (tertiary/aromatic N) is 4. The average molecular weight is 301 g/mol. The normalized spacial score (nSPS) is 10.5. The first-order valence-corrected chi connectivity index (χ1v) is 6.21. The predicted octanol–water partition coefficient (Wildman–Crippen LogP) is 3.09. The Labute approximate surface area is 112 Å². The molecule has 0 fully saturated rings. The molecule has 5 heteroatoms. The minimum absolute atomic E-state index is 0.944. The van der Waals surface area contributed by atoms with E-state index >= 15 is 0 Å². The zero-order valence-electron chi connectivity index (χ0n) is 9.36. The SMILES string of the molecule is Brc1ccc(-n2nncc2-c2ccncc2)cc1. The third-order valence-corrected chi connectivity index (χ3v) is 3.13. The molecule has 3 aromatic rings. The van der Waals surface area contributed by atoms with E-state index in [2.05, 4.69) is 31.2 Å². The quantitative estimate of drug-likeness (QED) is 0.730. The van der Waals surface area contributed by atoms with E-state index in [1.165, 1.54) is 0 Å². The van der Waals surface area contributed by atoms with Gasteiger partial charge in [-0.25, -0.2) is 4.68 Å². The number of hydrogen-bond donors (Lipinski definition) is 0. The van der Waals surface area contributed by atoms with Crippen LogP contribution in [0.1, 0.15) is 0 Å². The van der Waals surface area contributed by atoms with Crippen molar-refractivity contribution in [2.45, 2.75) is 0 Å². The molecule has 0 aliphatic rings. The molecule has 18 heavy (non-hydrogen) atoms. The summed E-state index contributed by atoms with van der Waals surface area (Å²) in [6.45, 7) is 0. The largest absolute Gasteiger partial charge is 0.265 e. The summed E-state index contributed by atoms with van der Waals surface area (Å²) in [6, 6.07) is 11.8. The zero-order valence-corrected chi connectivity index (χ0v) is 10.9. The maximum Gasteiger partial charge on any atom is 0.0945 e. The summed E-state index contributed by atoms with van der Waals surface area (Å²) in [5, 5.41) is 8.10. The fourth-order valence-corrected chi connectivity index (χ4v) is 1.99. The number of hydrogen-bond acceptors (Lipinski definition) is 3. The molecule has 0 aliphatic heterocycles. The van der Waals surface area contributed by atoms with E-state index in [0.29, 0.717) is 0 Å². The Bertz CT molecular complexity index is 646. The van der Waals surface area contributed by atoms with E-state index in [4.69, 9.17) is 0 Å². The standard InChI is InChI=1S/C13H9BrN4/c14-11-1-3-12(4-2-11)18-13(9-16-17-18)10-5-7-15-8-6-10/h1-9H. The highest BCUT2D eigenvalue weighted by Gasteiger charge is 2.07. The third-order valence-electron chi connectivity index (χ3n) is 2.60. The second-order valence-corrected chi connectivity index (χ2v) is 4.66. The number of rotatable bonds is 2. The van der Waals surface area contributed by atoms with Crippen LogP contribution in [0.3, 0.4) is 0 Å². The molecule has 88 valence electrons. The van der Waals surface area contributed by atoms with Gasteiger partial charge in [0.25, 0.3) is 0 Å². The summed E-state index contributed by atoms with van der Waals surface area (Å²) >= 11 is 3.42. The van der Waals surface area contributed by atoms with Gasteiger partial charge in [-0.3, -0.25) is 4.98 Å². The first kappa shape index (κ1) is 11.1. The van der Waals surface area contributed by atoms with Crippen molar-refractivity contribution in [3.63, 3.8) is 0 Å². The Morgan fingerprint density at radius 3 is 2.39 bits per heavy atom. The fourth-order valence-electron chi connectivity index (χ4n) is 1.73. The lowest BCUT2D eigenvalue weighted by Gasteiger charge is -2.05. The molecular weight excluding hydrogens is 292 g/mol. The monoisotopic (exact) mass is 300 g/mol. The first-order chi connectivity index (χ1) is 8.84. The van der Waals surface area contributed by atoms with Crippen LogP contribution in [0.25, 0.3) is 16.9 Å². The summed E-state index contributed by atoms with van der Waals surface area (Å²) < 4.78 is 2.85. The molecule has 0 amide bonds. The van der Waals surface area contributed by atoms with E-state index < -0.39 is 0 Å². The number of pyridine rings is 1. The van der Waals surface area contributed by atoms with Crippen LogP contribution in [0.2, 0.25) is 0 Å². The van der Waals surface area contributed by atoms with Crippen molar-refractivity contribution in [3.05, 3.63) is 59.5 Å². The number of aromatic nitrogens is 4. The molecule has 0 bridgehead atoms. The lowest BCUT2D eigenvalue weighted by molar-refractivity contribution is 0.807. The highest BCUT2D eigenvalue weighted by Crippen LogP contribution is 2.21. The molecule has 3 rings (SSSR count). The van der Waals surface area contributed by atoms with Crippen LogP contribution in [0.4, 0.5) is 0 Å². The van der Waals surface area contributed by atoms with Gasteiger partial charge in [0.15, 0.2) is 0 Å². The van der Waals surface area contributed by atoms with Gasteiger partial charge in [-0.1, -0.05) is 21.1 Å². The molecule has 4 nitrogen and oxygen atoms in total. The van der Waals surface area contributed by atoms with Gasteiger partial charge in [0.1, 0.15) is 0 Å². The van der Waals surface area contributed by atoms with Gasteiger partial charge in [0, 0.05) is 22.4 Å². The minimum atomic E-state index is 0.944. The Balaban J connectivity index is 2.10. The first-order valence-electron chi connectivity index (χ1n) is 5.41. The molecule has 2 heterocycles. The fraction of sp³-hybridized carbons (Fsp3) is 0. The van der Waals surface area contributed by atoms with Crippen LogP contribution in [0.5, 0.6) is 0 Å². The highest BCUT2D eigenvalue weighted by atomic mass is 79.9. The van der Waals surface area contributed by atoms with Crippen LogP contribution < -0.4 is 0 Å². The lowest BCUT2D eigenvalue weighted by atomic mass is 10.2. The third kappa shape index (κ3) is 2.04. The van der Waals surface area contributed by atoms with Crippen LogP contribution in [0.15, 0.2) is 59.5 Å². The van der Waals surface area contributed by atoms with Crippen molar-refractivity contribution in [2.75, 3.05) is 0 Å². The predicted molar refractivity (Wildman–Crippen MR) is 72.3 cm³/mol. The molecule has 0 N–H and O–H groups in total. The summed E-state index contributed by atoms with van der Waals surface area (Å²) in [5.41, 5.74) is 2.96. The maximum atomic E-state index is 4.12. The van der Waals surface area contributed by atoms with Gasteiger partial charge in [0.05, 0.1) is 17.6 Å². The molecule has 0 unspecified atom stereocenters.